The molecule has 2 aromatic rings. The molecule has 0 spiro atoms. The van der Waals surface area contributed by atoms with E-state index in [1.807, 2.05) is 18.2 Å². The second-order valence-corrected chi connectivity index (χ2v) is 4.59. The molecule has 0 amide bonds. The van der Waals surface area contributed by atoms with E-state index in [2.05, 4.69) is 37.3 Å². The summed E-state index contributed by atoms with van der Waals surface area (Å²) in [6, 6.07) is 19.8. The van der Waals surface area contributed by atoms with Gasteiger partial charge in [-0.25, -0.2) is 0 Å². The fourth-order valence-electron chi connectivity index (χ4n) is 1.91. The van der Waals surface area contributed by atoms with Gasteiger partial charge in [-0.2, -0.15) is 5.26 Å². The third-order valence-electron chi connectivity index (χ3n) is 3.00. The second kappa shape index (κ2) is 6.61. The minimum absolute atomic E-state index is 0.160. The van der Waals surface area contributed by atoms with Crippen LogP contribution >= 0.6 is 0 Å². The molecule has 96 valence electrons. The lowest BCUT2D eigenvalue weighted by Gasteiger charge is -2.14. The number of hydrogen-bond donors (Lipinski definition) is 0. The molecule has 0 saturated heterocycles. The highest BCUT2D eigenvalue weighted by atomic mass is 16.5. The molecule has 2 nitrogen and oxygen atoms in total. The molecule has 0 unspecified atom stereocenters. The predicted octanol–water partition coefficient (Wildman–Crippen LogP) is 3.96. The van der Waals surface area contributed by atoms with Crippen molar-refractivity contribution in [2.24, 2.45) is 0 Å². The topological polar surface area (TPSA) is 33.0 Å². The molecule has 0 N–H and O–H groups in total. The van der Waals surface area contributed by atoms with Crippen LogP contribution < -0.4 is 4.74 Å². The van der Waals surface area contributed by atoms with Gasteiger partial charge in [-0.05, 0) is 49.6 Å². The van der Waals surface area contributed by atoms with Gasteiger partial charge in [-0.15, -0.1) is 0 Å². The molecule has 2 rings (SSSR count). The van der Waals surface area contributed by atoms with Gasteiger partial charge in [0, 0.05) is 0 Å². The van der Waals surface area contributed by atoms with Gasteiger partial charge < -0.3 is 4.74 Å². The Morgan fingerprint density at radius 3 is 2.37 bits per heavy atom. The molecular weight excluding hydrogens is 234 g/mol. The molecular formula is C17H17NO. The van der Waals surface area contributed by atoms with Crippen molar-refractivity contribution in [2.45, 2.75) is 25.9 Å². The van der Waals surface area contributed by atoms with Gasteiger partial charge >= 0.3 is 0 Å². The summed E-state index contributed by atoms with van der Waals surface area (Å²) in [6.45, 7) is 2.07. The quantitative estimate of drug-likeness (QED) is 0.805. The number of ether oxygens (including phenoxy) is 1. The summed E-state index contributed by atoms with van der Waals surface area (Å²) >= 11 is 0. The lowest BCUT2D eigenvalue weighted by molar-refractivity contribution is 0.211. The maximum absolute atomic E-state index is 8.73. The zero-order valence-corrected chi connectivity index (χ0v) is 11.0. The fraction of sp³-hybridized carbons (Fsp3) is 0.235. The van der Waals surface area contributed by atoms with Gasteiger partial charge in [0.05, 0.1) is 17.7 Å². The van der Waals surface area contributed by atoms with Crippen LogP contribution in [0.3, 0.4) is 0 Å². The van der Waals surface area contributed by atoms with Gasteiger partial charge in [-0.3, -0.25) is 0 Å². The van der Waals surface area contributed by atoms with Crippen molar-refractivity contribution in [3.05, 3.63) is 65.7 Å². The van der Waals surface area contributed by atoms with Crippen molar-refractivity contribution in [3.63, 3.8) is 0 Å². The zero-order chi connectivity index (χ0) is 13.5. The Labute approximate surface area is 114 Å². The van der Waals surface area contributed by atoms with Crippen molar-refractivity contribution in [1.82, 2.24) is 0 Å². The van der Waals surface area contributed by atoms with Gasteiger partial charge in [0.15, 0.2) is 0 Å². The van der Waals surface area contributed by atoms with Crippen molar-refractivity contribution in [2.75, 3.05) is 0 Å². The Bertz CT molecular complexity index is 540. The lowest BCUT2D eigenvalue weighted by atomic mass is 10.1. The van der Waals surface area contributed by atoms with Crippen LogP contribution in [-0.2, 0) is 6.42 Å². The largest absolute Gasteiger partial charge is 0.491 e. The smallest absolute Gasteiger partial charge is 0.119 e. The molecule has 0 radical (unpaired) electrons. The molecule has 0 aromatic heterocycles. The van der Waals surface area contributed by atoms with E-state index in [-0.39, 0.29) is 6.10 Å². The summed E-state index contributed by atoms with van der Waals surface area (Å²) in [7, 11) is 0. The first kappa shape index (κ1) is 13.2. The second-order valence-electron chi connectivity index (χ2n) is 4.59. The third kappa shape index (κ3) is 4.15. The number of rotatable bonds is 5. The third-order valence-corrected chi connectivity index (χ3v) is 3.00. The predicted molar refractivity (Wildman–Crippen MR) is 76.0 cm³/mol. The summed E-state index contributed by atoms with van der Waals surface area (Å²) in [4.78, 5) is 0. The van der Waals surface area contributed by atoms with Crippen LogP contribution in [0.5, 0.6) is 5.75 Å². The molecule has 0 aliphatic rings. The molecule has 0 heterocycles. The van der Waals surface area contributed by atoms with Crippen LogP contribution in [0.25, 0.3) is 0 Å². The summed E-state index contributed by atoms with van der Waals surface area (Å²) in [5, 5.41) is 8.73. The standard InChI is InChI=1S/C17H17NO/c1-14(7-8-15-5-3-2-4-6-15)19-17-11-9-16(13-18)10-12-17/h2-6,9-12,14H,7-8H2,1H3/t14-/m0/s1. The van der Waals surface area contributed by atoms with E-state index in [0.717, 1.165) is 18.6 Å². The SMILES string of the molecule is C[C@@H](CCc1ccccc1)Oc1ccc(C#N)cc1. The Morgan fingerprint density at radius 2 is 1.74 bits per heavy atom. The molecule has 0 bridgehead atoms. The average molecular weight is 251 g/mol. The molecule has 0 saturated carbocycles. The molecule has 19 heavy (non-hydrogen) atoms. The minimum atomic E-state index is 0.160. The maximum atomic E-state index is 8.73. The van der Waals surface area contributed by atoms with Gasteiger partial charge in [0.1, 0.15) is 5.75 Å². The molecule has 2 heteroatoms. The van der Waals surface area contributed by atoms with Crippen molar-refractivity contribution < 1.29 is 4.74 Å². The van der Waals surface area contributed by atoms with Crippen LogP contribution in [0, 0.1) is 11.3 Å². The van der Waals surface area contributed by atoms with Crippen molar-refractivity contribution >= 4 is 0 Å². The van der Waals surface area contributed by atoms with Crippen LogP contribution in [0.4, 0.5) is 0 Å². The molecule has 2 aromatic carbocycles. The number of benzene rings is 2. The van der Waals surface area contributed by atoms with Crippen LogP contribution in [0.2, 0.25) is 0 Å². The van der Waals surface area contributed by atoms with Crippen LogP contribution in [-0.4, -0.2) is 6.10 Å². The monoisotopic (exact) mass is 251 g/mol. The Hall–Kier alpha value is -2.27. The first-order chi connectivity index (χ1) is 9.28. The summed E-state index contributed by atoms with van der Waals surface area (Å²) in [5.41, 5.74) is 1.99. The lowest BCUT2D eigenvalue weighted by Crippen LogP contribution is -2.12. The van der Waals surface area contributed by atoms with E-state index in [4.69, 9.17) is 10.00 Å². The number of nitrogens with zero attached hydrogens (tertiary/aromatic N) is 1. The Morgan fingerprint density at radius 1 is 1.05 bits per heavy atom. The average Bonchev–Trinajstić information content (AvgIpc) is 2.47. The summed E-state index contributed by atoms with van der Waals surface area (Å²) < 4.78 is 5.83. The molecule has 0 aliphatic heterocycles. The van der Waals surface area contributed by atoms with E-state index >= 15 is 0 Å². The molecule has 0 aliphatic carbocycles. The van der Waals surface area contributed by atoms with Gasteiger partial charge in [-0.1, -0.05) is 30.3 Å². The minimum Gasteiger partial charge on any atom is -0.491 e. The van der Waals surface area contributed by atoms with Gasteiger partial charge in [0.25, 0.3) is 0 Å². The fourth-order valence-corrected chi connectivity index (χ4v) is 1.91. The number of hydrogen-bond acceptors (Lipinski definition) is 2. The molecule has 1 atom stereocenters. The van der Waals surface area contributed by atoms with E-state index in [1.165, 1.54) is 5.56 Å². The highest BCUT2D eigenvalue weighted by Crippen LogP contribution is 2.15. The zero-order valence-electron chi connectivity index (χ0n) is 11.0. The first-order valence-corrected chi connectivity index (χ1v) is 6.48. The van der Waals surface area contributed by atoms with E-state index < -0.39 is 0 Å². The first-order valence-electron chi connectivity index (χ1n) is 6.48. The highest BCUT2D eigenvalue weighted by Gasteiger charge is 2.04. The normalized spacial score (nSPS) is 11.6. The van der Waals surface area contributed by atoms with Crippen molar-refractivity contribution in [1.29, 1.82) is 5.26 Å². The Balaban J connectivity index is 1.84. The Kier molecular flexibility index (Phi) is 4.58. The van der Waals surface area contributed by atoms with E-state index in [9.17, 15) is 0 Å². The van der Waals surface area contributed by atoms with Crippen molar-refractivity contribution in [3.8, 4) is 11.8 Å². The van der Waals surface area contributed by atoms with E-state index in [0.29, 0.717) is 5.56 Å². The van der Waals surface area contributed by atoms with Crippen LogP contribution in [0.15, 0.2) is 54.6 Å². The van der Waals surface area contributed by atoms with Crippen LogP contribution in [0.1, 0.15) is 24.5 Å². The highest BCUT2D eigenvalue weighted by molar-refractivity contribution is 5.34. The number of aryl methyl sites for hydroxylation is 1. The summed E-state index contributed by atoms with van der Waals surface area (Å²) in [6.07, 6.45) is 2.15. The summed E-state index contributed by atoms with van der Waals surface area (Å²) in [5.74, 6) is 0.819. The molecule has 0 fully saturated rings. The van der Waals surface area contributed by atoms with E-state index in [1.54, 1.807) is 12.1 Å². The van der Waals surface area contributed by atoms with Gasteiger partial charge in [0.2, 0.25) is 0 Å². The maximum Gasteiger partial charge on any atom is 0.119 e. The number of nitriles is 1.